The van der Waals surface area contributed by atoms with Crippen molar-refractivity contribution in [2.75, 3.05) is 0 Å². The van der Waals surface area contributed by atoms with Crippen molar-refractivity contribution in [1.29, 1.82) is 0 Å². The van der Waals surface area contributed by atoms with Gasteiger partial charge in [-0.05, 0) is 13.3 Å². The molecule has 0 amide bonds. The van der Waals surface area contributed by atoms with Gasteiger partial charge in [0.2, 0.25) is 0 Å². The Bertz CT molecular complexity index is 257. The lowest BCUT2D eigenvalue weighted by Crippen LogP contribution is -2.17. The third-order valence-electron chi connectivity index (χ3n) is 1.61. The molecule has 0 fully saturated rings. The molecule has 0 aliphatic heterocycles. The van der Waals surface area contributed by atoms with E-state index in [4.69, 9.17) is 10.2 Å². The Hall–Kier alpha value is -1.35. The van der Waals surface area contributed by atoms with Crippen LogP contribution in [0.3, 0.4) is 0 Å². The molecule has 16 heavy (non-hydrogen) atoms. The zero-order chi connectivity index (χ0) is 13.0. The molecule has 3 nitrogen and oxygen atoms in total. The highest BCUT2D eigenvalue weighted by Gasteiger charge is 2.07. The fourth-order valence-corrected chi connectivity index (χ4v) is 0.709. The highest BCUT2D eigenvalue weighted by Crippen LogP contribution is 1.92. The molecule has 1 aromatic rings. The van der Waals surface area contributed by atoms with Crippen LogP contribution in [0, 0.1) is 6.92 Å². The largest absolute Gasteiger partial charge is 0.479 e. The van der Waals surface area contributed by atoms with E-state index in [0.717, 1.165) is 0 Å². The number of hydrogen-bond acceptors (Lipinski definition) is 2. The number of carbonyl (C=O) groups is 1. The Morgan fingerprint density at radius 2 is 1.69 bits per heavy atom. The number of aliphatic carboxylic acids is 1. The Kier molecular flexibility index (Phi) is 12.5. The van der Waals surface area contributed by atoms with Crippen molar-refractivity contribution >= 4 is 5.97 Å². The minimum absolute atomic E-state index is 0.273. The van der Waals surface area contributed by atoms with Gasteiger partial charge in [-0.1, -0.05) is 56.7 Å². The highest BCUT2D eigenvalue weighted by atomic mass is 16.4. The van der Waals surface area contributed by atoms with Crippen LogP contribution in [0.1, 0.15) is 32.8 Å². The second-order valence-corrected chi connectivity index (χ2v) is 2.92. The van der Waals surface area contributed by atoms with Gasteiger partial charge < -0.3 is 10.2 Å². The molecule has 0 aliphatic carbocycles. The van der Waals surface area contributed by atoms with Gasteiger partial charge in [0.25, 0.3) is 0 Å². The van der Waals surface area contributed by atoms with Crippen LogP contribution >= 0.6 is 0 Å². The van der Waals surface area contributed by atoms with E-state index >= 15 is 0 Å². The molecule has 0 heterocycles. The first-order valence-electron chi connectivity index (χ1n) is 5.50. The normalized spacial score (nSPS) is 10.1. The van der Waals surface area contributed by atoms with Crippen LogP contribution in [0.2, 0.25) is 0 Å². The average Bonchev–Trinajstić information content (AvgIpc) is 2.32. The summed E-state index contributed by atoms with van der Waals surface area (Å²) in [6.45, 7) is 7.69. The first kappa shape index (κ1) is 17.1. The van der Waals surface area contributed by atoms with E-state index in [2.05, 4.69) is 19.1 Å². The fourth-order valence-electron chi connectivity index (χ4n) is 0.709. The molecule has 1 atom stereocenters. The number of aryl methyl sites for hydroxylation is 1. The lowest BCUT2D eigenvalue weighted by Gasteiger charge is -1.95. The van der Waals surface area contributed by atoms with Crippen LogP contribution in [0.25, 0.3) is 0 Å². The standard InChI is InChI=1S/C7H8.C4H8O3.C2H6/c1-7-5-3-2-4-6-7;1-2-3(5)4(6)7;1-2/h2-6H,1H3;3,5H,2H2,1H3,(H,6,7);1-2H3. The van der Waals surface area contributed by atoms with Gasteiger partial charge in [-0.2, -0.15) is 0 Å². The number of carboxylic acids is 1. The van der Waals surface area contributed by atoms with Gasteiger partial charge in [0.15, 0.2) is 6.10 Å². The summed E-state index contributed by atoms with van der Waals surface area (Å²) in [6.07, 6.45) is -0.907. The van der Waals surface area contributed by atoms with Gasteiger partial charge in [-0.15, -0.1) is 0 Å². The fraction of sp³-hybridized carbons (Fsp3) is 0.462. The van der Waals surface area contributed by atoms with Crippen molar-refractivity contribution in [3.8, 4) is 0 Å². The molecule has 0 saturated heterocycles. The van der Waals surface area contributed by atoms with Crippen LogP contribution in [-0.2, 0) is 4.79 Å². The monoisotopic (exact) mass is 226 g/mol. The van der Waals surface area contributed by atoms with Gasteiger partial charge >= 0.3 is 5.97 Å². The Labute approximate surface area is 97.7 Å². The summed E-state index contributed by atoms with van der Waals surface area (Å²) in [4.78, 5) is 9.68. The van der Waals surface area contributed by atoms with E-state index in [1.165, 1.54) is 5.56 Å². The third kappa shape index (κ3) is 10.7. The number of benzene rings is 1. The van der Waals surface area contributed by atoms with Crippen molar-refractivity contribution in [2.24, 2.45) is 0 Å². The minimum atomic E-state index is -1.18. The quantitative estimate of drug-likeness (QED) is 0.815. The zero-order valence-electron chi connectivity index (χ0n) is 10.5. The number of aliphatic hydroxyl groups excluding tert-OH is 1. The maximum atomic E-state index is 9.68. The SMILES string of the molecule is CC.CCC(O)C(=O)O.Cc1ccccc1. The van der Waals surface area contributed by atoms with Crippen LogP contribution in [-0.4, -0.2) is 22.3 Å². The van der Waals surface area contributed by atoms with Gasteiger partial charge in [0.1, 0.15) is 0 Å². The molecular formula is C13H22O3. The zero-order valence-corrected chi connectivity index (χ0v) is 10.5. The first-order valence-corrected chi connectivity index (χ1v) is 5.50. The predicted molar refractivity (Wildman–Crippen MR) is 66.5 cm³/mol. The topological polar surface area (TPSA) is 57.5 Å². The van der Waals surface area contributed by atoms with E-state index in [0.29, 0.717) is 0 Å². The maximum Gasteiger partial charge on any atom is 0.332 e. The molecule has 3 heteroatoms. The summed E-state index contributed by atoms with van der Waals surface area (Å²) < 4.78 is 0. The van der Waals surface area contributed by atoms with Crippen LogP contribution in [0.5, 0.6) is 0 Å². The summed E-state index contributed by atoms with van der Waals surface area (Å²) in [5.41, 5.74) is 1.32. The van der Waals surface area contributed by atoms with Gasteiger partial charge in [-0.3, -0.25) is 0 Å². The number of carboxylic acid groups (broad SMARTS) is 1. The van der Waals surface area contributed by atoms with E-state index in [1.807, 2.05) is 32.0 Å². The van der Waals surface area contributed by atoms with E-state index in [1.54, 1.807) is 6.92 Å². The number of hydrogen-bond donors (Lipinski definition) is 2. The molecule has 1 aromatic carbocycles. The molecule has 1 unspecified atom stereocenters. The van der Waals surface area contributed by atoms with E-state index in [-0.39, 0.29) is 6.42 Å². The lowest BCUT2D eigenvalue weighted by atomic mass is 10.2. The lowest BCUT2D eigenvalue weighted by molar-refractivity contribution is -0.146. The Morgan fingerprint density at radius 3 is 1.81 bits per heavy atom. The van der Waals surface area contributed by atoms with Crippen molar-refractivity contribution in [3.05, 3.63) is 35.9 Å². The summed E-state index contributed by atoms with van der Waals surface area (Å²) >= 11 is 0. The second kappa shape index (κ2) is 11.7. The summed E-state index contributed by atoms with van der Waals surface area (Å²) in [6, 6.07) is 10.3. The van der Waals surface area contributed by atoms with Crippen molar-refractivity contribution in [2.45, 2.75) is 40.2 Å². The predicted octanol–water partition coefficient (Wildman–Crippen LogP) is 2.86. The second-order valence-electron chi connectivity index (χ2n) is 2.92. The summed E-state index contributed by atoms with van der Waals surface area (Å²) in [7, 11) is 0. The van der Waals surface area contributed by atoms with Crippen molar-refractivity contribution < 1.29 is 15.0 Å². The van der Waals surface area contributed by atoms with Crippen molar-refractivity contribution in [3.63, 3.8) is 0 Å². The third-order valence-corrected chi connectivity index (χ3v) is 1.61. The highest BCUT2D eigenvalue weighted by molar-refractivity contribution is 5.71. The van der Waals surface area contributed by atoms with Crippen molar-refractivity contribution in [1.82, 2.24) is 0 Å². The summed E-state index contributed by atoms with van der Waals surface area (Å²) in [5.74, 6) is -1.15. The first-order chi connectivity index (χ1) is 7.57. The maximum absolute atomic E-state index is 9.68. The van der Waals surface area contributed by atoms with Crippen LogP contribution in [0.15, 0.2) is 30.3 Å². The van der Waals surface area contributed by atoms with Gasteiger partial charge in [0, 0.05) is 0 Å². The van der Waals surface area contributed by atoms with Gasteiger partial charge in [-0.25, -0.2) is 4.79 Å². The van der Waals surface area contributed by atoms with E-state index < -0.39 is 12.1 Å². The van der Waals surface area contributed by atoms with Crippen LogP contribution < -0.4 is 0 Å². The molecule has 0 bridgehead atoms. The van der Waals surface area contributed by atoms with Gasteiger partial charge in [0.05, 0.1) is 0 Å². The Morgan fingerprint density at radius 1 is 1.25 bits per heavy atom. The minimum Gasteiger partial charge on any atom is -0.479 e. The van der Waals surface area contributed by atoms with E-state index in [9.17, 15) is 4.79 Å². The van der Waals surface area contributed by atoms with Crippen LogP contribution in [0.4, 0.5) is 0 Å². The molecule has 92 valence electrons. The molecule has 0 aliphatic rings. The molecule has 0 spiro atoms. The Balaban J connectivity index is 0. The molecular weight excluding hydrogens is 204 g/mol. The number of rotatable bonds is 2. The molecule has 2 N–H and O–H groups in total. The smallest absolute Gasteiger partial charge is 0.332 e. The number of aliphatic hydroxyl groups is 1. The molecule has 1 rings (SSSR count). The summed E-state index contributed by atoms with van der Waals surface area (Å²) in [5, 5.41) is 16.3. The molecule has 0 saturated carbocycles. The molecule has 0 aromatic heterocycles. The average molecular weight is 226 g/mol. The molecule has 0 radical (unpaired) electrons.